The van der Waals surface area contributed by atoms with Gasteiger partial charge in [-0.2, -0.15) is 18.3 Å². The van der Waals surface area contributed by atoms with Gasteiger partial charge in [-0.25, -0.2) is 9.48 Å². The predicted molar refractivity (Wildman–Crippen MR) is 139 cm³/mol. The summed E-state index contributed by atoms with van der Waals surface area (Å²) in [4.78, 5) is 27.1. The van der Waals surface area contributed by atoms with Gasteiger partial charge in [0.1, 0.15) is 10.8 Å². The van der Waals surface area contributed by atoms with Gasteiger partial charge < -0.3 is 15.4 Å². The van der Waals surface area contributed by atoms with Gasteiger partial charge >= 0.3 is 12.1 Å². The van der Waals surface area contributed by atoms with Crippen molar-refractivity contribution in [2.45, 2.75) is 70.3 Å². The van der Waals surface area contributed by atoms with Crippen LogP contribution in [0.25, 0.3) is 0 Å². The lowest BCUT2D eigenvalue weighted by molar-refractivity contribution is -0.173. The molecule has 0 spiro atoms. The lowest BCUT2D eigenvalue weighted by atomic mass is 9.95. The Morgan fingerprint density at radius 2 is 1.92 bits per heavy atom. The van der Waals surface area contributed by atoms with Crippen LogP contribution >= 0.6 is 22.9 Å². The van der Waals surface area contributed by atoms with E-state index < -0.39 is 30.1 Å². The van der Waals surface area contributed by atoms with Crippen LogP contribution in [-0.2, 0) is 17.6 Å². The van der Waals surface area contributed by atoms with Crippen LogP contribution in [0.15, 0.2) is 30.3 Å². The van der Waals surface area contributed by atoms with Gasteiger partial charge in [-0.15, -0.1) is 11.3 Å². The first-order valence-corrected chi connectivity index (χ1v) is 13.6. The van der Waals surface area contributed by atoms with Crippen molar-refractivity contribution >= 4 is 45.6 Å². The molecule has 38 heavy (non-hydrogen) atoms. The van der Waals surface area contributed by atoms with E-state index in [1.54, 1.807) is 38.1 Å². The Bertz CT molecular complexity index is 1370. The first kappa shape index (κ1) is 26.6. The van der Waals surface area contributed by atoms with E-state index in [4.69, 9.17) is 16.3 Å². The van der Waals surface area contributed by atoms with Gasteiger partial charge in [0.05, 0.1) is 17.7 Å². The smallest absolute Gasteiger partial charge is 0.410 e. The number of carbonyl (C=O) groups excluding carboxylic acids is 2. The maximum Gasteiger partial charge on any atom is 0.410 e. The van der Waals surface area contributed by atoms with E-state index in [-0.39, 0.29) is 24.0 Å². The molecule has 12 heteroatoms. The van der Waals surface area contributed by atoms with Crippen molar-refractivity contribution in [2.24, 2.45) is 0 Å². The molecular weight excluding hydrogens is 541 g/mol. The van der Waals surface area contributed by atoms with E-state index in [0.717, 1.165) is 34.4 Å². The Morgan fingerprint density at radius 1 is 1.21 bits per heavy atom. The van der Waals surface area contributed by atoms with Gasteiger partial charge in [0, 0.05) is 22.4 Å². The number of halogens is 4. The molecule has 2 atom stereocenters. The van der Waals surface area contributed by atoms with E-state index in [2.05, 4.69) is 15.7 Å². The highest BCUT2D eigenvalue weighted by molar-refractivity contribution is 7.17. The van der Waals surface area contributed by atoms with Crippen LogP contribution in [0.1, 0.15) is 82.0 Å². The van der Waals surface area contributed by atoms with Crippen molar-refractivity contribution in [3.05, 3.63) is 62.6 Å². The van der Waals surface area contributed by atoms with Crippen LogP contribution in [0, 0.1) is 0 Å². The summed E-state index contributed by atoms with van der Waals surface area (Å²) in [5.41, 5.74) is 1.65. The Hall–Kier alpha value is -3.05. The van der Waals surface area contributed by atoms with Crippen molar-refractivity contribution in [1.29, 1.82) is 0 Å². The standard InChI is InChI=1S/C26H26ClF3N4O3S/c1-13(2)37-25(36)22-16-5-3-4-6-19(16)38-24(22)32-23(35)18-12-21-31-17(14-7-9-15(27)10-8-14)11-20(26(28,29)30)34(21)33-18/h7-10,12-13,17,20,31H,3-6,11H2,1-2H3,(H,32,35)/t17-,20-/m0/s1. The minimum Gasteiger partial charge on any atom is -0.459 e. The lowest BCUT2D eigenvalue weighted by Crippen LogP contribution is -2.35. The number of fused-ring (bicyclic) bond motifs is 2. The molecule has 7 nitrogen and oxygen atoms in total. The van der Waals surface area contributed by atoms with E-state index in [0.29, 0.717) is 27.6 Å². The fourth-order valence-corrected chi connectivity index (χ4v) is 6.31. The number of benzene rings is 1. The van der Waals surface area contributed by atoms with Crippen LogP contribution in [0.5, 0.6) is 0 Å². The van der Waals surface area contributed by atoms with E-state index in [1.807, 2.05) is 0 Å². The summed E-state index contributed by atoms with van der Waals surface area (Å²) in [7, 11) is 0. The third-order valence-electron chi connectivity index (χ3n) is 6.64. The molecule has 0 bridgehead atoms. The molecule has 202 valence electrons. The Morgan fingerprint density at radius 3 is 2.61 bits per heavy atom. The molecule has 0 fully saturated rings. The fourth-order valence-electron chi connectivity index (χ4n) is 4.91. The summed E-state index contributed by atoms with van der Waals surface area (Å²) >= 11 is 7.24. The van der Waals surface area contributed by atoms with Gasteiger partial charge in [-0.3, -0.25) is 4.79 Å². The van der Waals surface area contributed by atoms with Gasteiger partial charge in [0.2, 0.25) is 0 Å². The highest BCUT2D eigenvalue weighted by atomic mass is 35.5. The highest BCUT2D eigenvalue weighted by Gasteiger charge is 2.47. The predicted octanol–water partition coefficient (Wildman–Crippen LogP) is 6.95. The van der Waals surface area contributed by atoms with Gasteiger partial charge in [-0.1, -0.05) is 23.7 Å². The number of carbonyl (C=O) groups is 2. The zero-order valence-corrected chi connectivity index (χ0v) is 22.3. The Labute approximate surface area is 226 Å². The molecule has 2 aromatic heterocycles. The van der Waals surface area contributed by atoms with Crippen LogP contribution < -0.4 is 10.6 Å². The summed E-state index contributed by atoms with van der Waals surface area (Å²) in [6, 6.07) is 5.30. The number of aryl methyl sites for hydroxylation is 1. The molecule has 1 aliphatic heterocycles. The van der Waals surface area contributed by atoms with Crippen molar-refractivity contribution in [1.82, 2.24) is 9.78 Å². The highest BCUT2D eigenvalue weighted by Crippen LogP contribution is 2.44. The zero-order valence-electron chi connectivity index (χ0n) is 20.7. The van der Waals surface area contributed by atoms with Crippen LogP contribution in [0.2, 0.25) is 5.02 Å². The molecule has 0 unspecified atom stereocenters. The van der Waals surface area contributed by atoms with Crippen molar-refractivity contribution in [2.75, 3.05) is 10.6 Å². The molecule has 1 amide bonds. The number of aromatic nitrogens is 2. The average Bonchev–Trinajstić information content (AvgIpc) is 3.44. The number of nitrogens with zero attached hydrogens (tertiary/aromatic N) is 2. The number of esters is 1. The third kappa shape index (κ3) is 5.26. The molecule has 3 heterocycles. The molecule has 1 aliphatic carbocycles. The van der Waals surface area contributed by atoms with Crippen molar-refractivity contribution in [3.63, 3.8) is 0 Å². The molecule has 3 aromatic rings. The number of rotatable bonds is 5. The fraction of sp³-hybridized carbons (Fsp3) is 0.423. The first-order chi connectivity index (χ1) is 18.0. The second kappa shape index (κ2) is 10.3. The summed E-state index contributed by atoms with van der Waals surface area (Å²) in [6.07, 6.45) is -1.83. The molecular formula is C26H26ClF3N4O3S. The molecule has 0 saturated heterocycles. The molecule has 2 N–H and O–H groups in total. The van der Waals surface area contributed by atoms with Crippen molar-refractivity contribution in [3.8, 4) is 0 Å². The second-order valence-electron chi connectivity index (χ2n) is 9.72. The van der Waals surface area contributed by atoms with Gasteiger partial charge in [-0.05, 0) is 62.8 Å². The second-order valence-corrected chi connectivity index (χ2v) is 11.3. The molecule has 0 radical (unpaired) electrons. The molecule has 1 aromatic carbocycles. The number of hydrogen-bond acceptors (Lipinski definition) is 6. The summed E-state index contributed by atoms with van der Waals surface area (Å²) in [5.74, 6) is -1.15. The Kier molecular flexibility index (Phi) is 7.17. The average molecular weight is 567 g/mol. The molecule has 5 rings (SSSR count). The molecule has 2 aliphatic rings. The summed E-state index contributed by atoms with van der Waals surface area (Å²) in [6.45, 7) is 3.48. The van der Waals surface area contributed by atoms with Crippen LogP contribution in [0.4, 0.5) is 24.0 Å². The van der Waals surface area contributed by atoms with Crippen LogP contribution in [-0.4, -0.2) is 33.9 Å². The first-order valence-electron chi connectivity index (χ1n) is 12.4. The maximum atomic E-state index is 14.0. The lowest BCUT2D eigenvalue weighted by Gasteiger charge is -2.33. The molecule has 0 saturated carbocycles. The zero-order chi connectivity index (χ0) is 27.2. The van der Waals surface area contributed by atoms with E-state index in [1.165, 1.54) is 17.4 Å². The van der Waals surface area contributed by atoms with E-state index in [9.17, 15) is 22.8 Å². The third-order valence-corrected chi connectivity index (χ3v) is 8.10. The van der Waals surface area contributed by atoms with Crippen molar-refractivity contribution < 1.29 is 27.5 Å². The maximum absolute atomic E-state index is 14.0. The number of nitrogens with one attached hydrogen (secondary N) is 2. The number of anilines is 2. The Balaban J connectivity index is 1.45. The number of thiophene rings is 1. The topological polar surface area (TPSA) is 85.2 Å². The largest absolute Gasteiger partial charge is 0.459 e. The van der Waals surface area contributed by atoms with Crippen LogP contribution in [0.3, 0.4) is 0 Å². The number of amides is 1. The normalized spacial score (nSPS) is 18.9. The quantitative estimate of drug-likeness (QED) is 0.326. The van der Waals surface area contributed by atoms with Gasteiger partial charge in [0.25, 0.3) is 5.91 Å². The minimum atomic E-state index is -4.58. The summed E-state index contributed by atoms with van der Waals surface area (Å²) in [5, 5.41) is 10.6. The minimum absolute atomic E-state index is 0.0774. The summed E-state index contributed by atoms with van der Waals surface area (Å²) < 4.78 is 48.4. The number of hydrogen-bond donors (Lipinski definition) is 2. The van der Waals surface area contributed by atoms with E-state index >= 15 is 0 Å². The SMILES string of the molecule is CC(C)OC(=O)c1c(NC(=O)c2cc3n(n2)[C@H](C(F)(F)F)C[C@@H](c2ccc(Cl)cc2)N3)sc2c1CCCC2. The number of ether oxygens (including phenoxy) is 1. The number of alkyl halides is 3. The van der Waals surface area contributed by atoms with Gasteiger partial charge in [0.15, 0.2) is 11.7 Å². The monoisotopic (exact) mass is 566 g/mol.